The molecule has 0 aliphatic carbocycles. The van der Waals surface area contributed by atoms with Crippen LogP contribution in [-0.4, -0.2) is 19.5 Å². The molecule has 1 aliphatic rings. The fourth-order valence-electron chi connectivity index (χ4n) is 1.76. The molecule has 0 saturated heterocycles. The van der Waals surface area contributed by atoms with E-state index in [4.69, 9.17) is 17.3 Å². The summed E-state index contributed by atoms with van der Waals surface area (Å²) in [5.41, 5.74) is 8.16. The number of nitrogens with two attached hydrogens (primary N) is 1. The highest BCUT2D eigenvalue weighted by atomic mass is 35.5. The number of carbonyl (C=O) groups excluding carboxylic acids is 1. The van der Waals surface area contributed by atoms with E-state index in [-0.39, 0.29) is 5.91 Å². The molecule has 1 atom stereocenters. The largest absolute Gasteiger partial charge is 0.374 e. The van der Waals surface area contributed by atoms with Crippen LogP contribution in [0.3, 0.4) is 0 Å². The van der Waals surface area contributed by atoms with Gasteiger partial charge in [0.1, 0.15) is 6.04 Å². The topological polar surface area (TPSA) is 58.4 Å². The number of fused-ring (bicyclic) bond motifs is 1. The van der Waals surface area contributed by atoms with Crippen LogP contribution in [0, 0.1) is 0 Å². The molecular weight excluding hydrogens is 226 g/mol. The summed E-state index contributed by atoms with van der Waals surface area (Å²) in [4.78, 5) is 13.4. The quantitative estimate of drug-likeness (QED) is 0.827. The van der Waals surface area contributed by atoms with Crippen molar-refractivity contribution in [2.24, 2.45) is 5.73 Å². The fourth-order valence-corrected chi connectivity index (χ4v) is 2.07. The molecular formula is C11H14ClN3O. The van der Waals surface area contributed by atoms with E-state index in [0.29, 0.717) is 5.02 Å². The van der Waals surface area contributed by atoms with Crippen LogP contribution in [0.1, 0.15) is 18.5 Å². The highest BCUT2D eigenvalue weighted by Crippen LogP contribution is 2.37. The molecule has 1 aromatic rings. The third-order valence-corrected chi connectivity index (χ3v) is 3.18. The molecule has 0 bridgehead atoms. The van der Waals surface area contributed by atoms with Crippen LogP contribution < -0.4 is 16.0 Å². The third kappa shape index (κ3) is 1.64. The number of nitrogens with zero attached hydrogens (tertiary/aromatic N) is 1. The molecule has 0 aromatic heterocycles. The SMILES string of the molecule is CCN(C)c1cc2c(cc1Cl)C(N)C(=O)N2. The Morgan fingerprint density at radius 2 is 2.25 bits per heavy atom. The van der Waals surface area contributed by atoms with Crippen molar-refractivity contribution in [1.82, 2.24) is 0 Å². The standard InChI is InChI=1S/C11H14ClN3O/c1-3-15(2)9-5-8-6(4-7(9)12)10(13)11(16)14-8/h4-5,10H,3,13H2,1-2H3,(H,14,16). The maximum absolute atomic E-state index is 11.4. The molecule has 1 aliphatic heterocycles. The minimum absolute atomic E-state index is 0.178. The minimum Gasteiger partial charge on any atom is -0.374 e. The number of rotatable bonds is 2. The highest BCUT2D eigenvalue weighted by Gasteiger charge is 2.28. The van der Waals surface area contributed by atoms with Crippen LogP contribution in [0.25, 0.3) is 0 Å². The number of anilines is 2. The molecule has 3 N–H and O–H groups in total. The monoisotopic (exact) mass is 239 g/mol. The molecule has 4 nitrogen and oxygen atoms in total. The molecule has 0 fully saturated rings. The van der Waals surface area contributed by atoms with E-state index in [0.717, 1.165) is 23.5 Å². The van der Waals surface area contributed by atoms with E-state index in [1.54, 1.807) is 6.07 Å². The summed E-state index contributed by atoms with van der Waals surface area (Å²) in [7, 11) is 1.95. The maximum Gasteiger partial charge on any atom is 0.245 e. The van der Waals surface area contributed by atoms with Crippen molar-refractivity contribution in [2.75, 3.05) is 23.8 Å². The lowest BCUT2D eigenvalue weighted by atomic mass is 10.1. The number of hydrogen-bond donors (Lipinski definition) is 2. The molecule has 0 radical (unpaired) electrons. The smallest absolute Gasteiger partial charge is 0.245 e. The van der Waals surface area contributed by atoms with Crippen molar-refractivity contribution >= 4 is 28.9 Å². The summed E-state index contributed by atoms with van der Waals surface area (Å²) in [5.74, 6) is -0.178. The van der Waals surface area contributed by atoms with Crippen LogP contribution in [0.5, 0.6) is 0 Å². The Balaban J connectivity index is 2.48. The summed E-state index contributed by atoms with van der Waals surface area (Å²) in [5, 5.41) is 3.36. The van der Waals surface area contributed by atoms with Gasteiger partial charge in [-0.05, 0) is 19.1 Å². The molecule has 2 rings (SSSR count). The fraction of sp³-hybridized carbons (Fsp3) is 0.364. The summed E-state index contributed by atoms with van der Waals surface area (Å²) in [6.07, 6.45) is 0. The summed E-state index contributed by atoms with van der Waals surface area (Å²) < 4.78 is 0. The van der Waals surface area contributed by atoms with Crippen molar-refractivity contribution in [1.29, 1.82) is 0 Å². The Kier molecular flexibility index (Phi) is 2.78. The zero-order valence-corrected chi connectivity index (χ0v) is 10.0. The number of nitrogens with one attached hydrogen (secondary N) is 1. The second-order valence-corrected chi connectivity index (χ2v) is 4.28. The van der Waals surface area contributed by atoms with Gasteiger partial charge in [-0.25, -0.2) is 0 Å². The molecule has 0 spiro atoms. The normalized spacial score (nSPS) is 18.2. The summed E-state index contributed by atoms with van der Waals surface area (Å²) >= 11 is 6.16. The van der Waals surface area contributed by atoms with Gasteiger partial charge >= 0.3 is 0 Å². The van der Waals surface area contributed by atoms with Gasteiger partial charge in [0.25, 0.3) is 0 Å². The minimum atomic E-state index is -0.603. The Labute approximate surface area is 99.4 Å². The van der Waals surface area contributed by atoms with Crippen molar-refractivity contribution < 1.29 is 4.79 Å². The second-order valence-electron chi connectivity index (χ2n) is 3.87. The number of halogens is 1. The van der Waals surface area contributed by atoms with E-state index < -0.39 is 6.04 Å². The number of amides is 1. The Bertz CT molecular complexity index is 447. The van der Waals surface area contributed by atoms with Gasteiger partial charge in [0, 0.05) is 24.8 Å². The van der Waals surface area contributed by atoms with E-state index in [2.05, 4.69) is 5.32 Å². The van der Waals surface area contributed by atoms with Crippen molar-refractivity contribution in [2.45, 2.75) is 13.0 Å². The lowest BCUT2D eigenvalue weighted by Crippen LogP contribution is -2.19. The van der Waals surface area contributed by atoms with Crippen molar-refractivity contribution in [3.05, 3.63) is 22.7 Å². The van der Waals surface area contributed by atoms with Crippen LogP contribution in [0.2, 0.25) is 5.02 Å². The zero-order chi connectivity index (χ0) is 11.9. The van der Waals surface area contributed by atoms with E-state index in [9.17, 15) is 4.79 Å². The van der Waals surface area contributed by atoms with Gasteiger partial charge in [0.15, 0.2) is 0 Å². The first-order chi connectivity index (χ1) is 7.54. The second kappa shape index (κ2) is 3.96. The van der Waals surface area contributed by atoms with E-state index in [1.165, 1.54) is 0 Å². The molecule has 1 unspecified atom stereocenters. The molecule has 1 heterocycles. The van der Waals surface area contributed by atoms with Crippen molar-refractivity contribution in [3.63, 3.8) is 0 Å². The average molecular weight is 240 g/mol. The first kappa shape index (κ1) is 11.2. The van der Waals surface area contributed by atoms with Gasteiger partial charge in [0.2, 0.25) is 5.91 Å². The predicted octanol–water partition coefficient (Wildman–Crippen LogP) is 1.75. The Morgan fingerprint density at radius 3 is 2.88 bits per heavy atom. The number of carbonyl (C=O) groups is 1. The first-order valence-electron chi connectivity index (χ1n) is 5.15. The van der Waals surface area contributed by atoms with Gasteiger partial charge < -0.3 is 16.0 Å². The zero-order valence-electron chi connectivity index (χ0n) is 9.25. The number of benzene rings is 1. The van der Waals surface area contributed by atoms with Gasteiger partial charge in [0.05, 0.1) is 10.7 Å². The number of hydrogen-bond acceptors (Lipinski definition) is 3. The van der Waals surface area contributed by atoms with Gasteiger partial charge in [-0.2, -0.15) is 0 Å². The highest BCUT2D eigenvalue weighted by molar-refractivity contribution is 6.33. The van der Waals surface area contributed by atoms with Crippen LogP contribution in [-0.2, 0) is 4.79 Å². The van der Waals surface area contributed by atoms with Crippen LogP contribution in [0.15, 0.2) is 12.1 Å². The molecule has 16 heavy (non-hydrogen) atoms. The first-order valence-corrected chi connectivity index (χ1v) is 5.53. The lowest BCUT2D eigenvalue weighted by Gasteiger charge is -2.19. The predicted molar refractivity (Wildman–Crippen MR) is 66.0 cm³/mol. The maximum atomic E-state index is 11.4. The van der Waals surface area contributed by atoms with E-state index in [1.807, 2.05) is 24.9 Å². The van der Waals surface area contributed by atoms with Gasteiger partial charge in [-0.15, -0.1) is 0 Å². The molecule has 5 heteroatoms. The average Bonchev–Trinajstić information content (AvgIpc) is 2.53. The lowest BCUT2D eigenvalue weighted by molar-refractivity contribution is -0.116. The molecule has 0 saturated carbocycles. The van der Waals surface area contributed by atoms with E-state index >= 15 is 0 Å². The van der Waals surface area contributed by atoms with Crippen LogP contribution >= 0.6 is 11.6 Å². The van der Waals surface area contributed by atoms with Crippen LogP contribution in [0.4, 0.5) is 11.4 Å². The van der Waals surface area contributed by atoms with Gasteiger partial charge in [-0.3, -0.25) is 4.79 Å². The molecule has 1 aromatic carbocycles. The summed E-state index contributed by atoms with van der Waals surface area (Å²) in [6, 6.07) is 3.03. The summed E-state index contributed by atoms with van der Waals surface area (Å²) in [6.45, 7) is 2.88. The van der Waals surface area contributed by atoms with Crippen molar-refractivity contribution in [3.8, 4) is 0 Å². The molecule has 86 valence electrons. The molecule has 1 amide bonds. The van der Waals surface area contributed by atoms with Gasteiger partial charge in [-0.1, -0.05) is 11.6 Å². The Morgan fingerprint density at radius 1 is 1.56 bits per heavy atom. The third-order valence-electron chi connectivity index (χ3n) is 2.88. The Hall–Kier alpha value is -1.26.